The van der Waals surface area contributed by atoms with E-state index in [2.05, 4.69) is 42.9 Å². The van der Waals surface area contributed by atoms with Gasteiger partial charge in [-0.25, -0.2) is 4.98 Å². The number of morpholine rings is 1. The Hall–Kier alpha value is -2.83. The lowest BCUT2D eigenvalue weighted by Gasteiger charge is -2.45. The molecule has 1 N–H and O–H groups in total. The second-order valence-electron chi connectivity index (χ2n) is 8.94. The number of nitrogens with one attached hydrogen (secondary N) is 1. The van der Waals surface area contributed by atoms with E-state index in [0.717, 1.165) is 29.7 Å². The molecule has 2 atom stereocenters. The number of carbonyl (C=O) groups is 1. The molecule has 1 aliphatic rings. The van der Waals surface area contributed by atoms with Crippen LogP contribution in [0.25, 0.3) is 22.3 Å². The van der Waals surface area contributed by atoms with Crippen molar-refractivity contribution in [2.45, 2.75) is 45.4 Å². The second-order valence-corrected chi connectivity index (χ2v) is 8.94. The Bertz CT molecular complexity index is 1060. The zero-order valence-corrected chi connectivity index (χ0v) is 18.6. The van der Waals surface area contributed by atoms with E-state index in [-0.39, 0.29) is 23.7 Å². The zero-order chi connectivity index (χ0) is 22.0. The van der Waals surface area contributed by atoms with Crippen molar-refractivity contribution < 1.29 is 9.53 Å². The molecule has 31 heavy (non-hydrogen) atoms. The van der Waals surface area contributed by atoms with E-state index in [0.29, 0.717) is 17.8 Å². The fraction of sp³-hybridized carbons (Fsp3) is 0.400. The Labute approximate surface area is 183 Å². The summed E-state index contributed by atoms with van der Waals surface area (Å²) >= 11 is 0. The molecule has 3 heterocycles. The molecule has 0 spiro atoms. The molecule has 0 radical (unpaired) electrons. The fourth-order valence-corrected chi connectivity index (χ4v) is 4.18. The first-order valence-corrected chi connectivity index (χ1v) is 10.8. The Morgan fingerprint density at radius 2 is 1.81 bits per heavy atom. The van der Waals surface area contributed by atoms with Crippen molar-refractivity contribution in [3.63, 3.8) is 0 Å². The van der Waals surface area contributed by atoms with Gasteiger partial charge in [-0.2, -0.15) is 0 Å². The van der Waals surface area contributed by atoms with Crippen molar-refractivity contribution in [2.75, 3.05) is 19.6 Å². The van der Waals surface area contributed by atoms with Crippen LogP contribution in [-0.2, 0) is 4.74 Å². The molecule has 1 saturated heterocycles. The lowest BCUT2D eigenvalue weighted by atomic mass is 9.99. The van der Waals surface area contributed by atoms with Gasteiger partial charge in [0.05, 0.1) is 34.7 Å². The minimum absolute atomic E-state index is 0.0989. The SMILES string of the molecule is C[C@@H]1CN(C(C)(C)CNC(=O)c2cc(-c3ccccn3)nc3ccccc23)C[C@H](C)O1. The number of benzene rings is 1. The van der Waals surface area contributed by atoms with E-state index in [1.54, 1.807) is 6.20 Å². The summed E-state index contributed by atoms with van der Waals surface area (Å²) in [5.74, 6) is -0.0989. The predicted octanol–water partition coefficient (Wildman–Crippen LogP) is 3.91. The van der Waals surface area contributed by atoms with E-state index in [1.165, 1.54) is 0 Å². The number of fused-ring (bicyclic) bond motifs is 1. The van der Waals surface area contributed by atoms with Crippen molar-refractivity contribution >= 4 is 16.8 Å². The van der Waals surface area contributed by atoms with Crippen LogP contribution in [0.2, 0.25) is 0 Å². The molecule has 0 saturated carbocycles. The summed E-state index contributed by atoms with van der Waals surface area (Å²) < 4.78 is 5.87. The van der Waals surface area contributed by atoms with Crippen LogP contribution in [0.4, 0.5) is 0 Å². The van der Waals surface area contributed by atoms with Gasteiger partial charge in [-0.05, 0) is 52.0 Å². The molecule has 4 rings (SSSR count). The van der Waals surface area contributed by atoms with Crippen LogP contribution in [0.5, 0.6) is 0 Å². The molecule has 2 aromatic heterocycles. The van der Waals surface area contributed by atoms with Crippen LogP contribution in [0.15, 0.2) is 54.7 Å². The lowest BCUT2D eigenvalue weighted by molar-refractivity contribution is -0.0948. The zero-order valence-electron chi connectivity index (χ0n) is 18.6. The maximum absolute atomic E-state index is 13.3. The van der Waals surface area contributed by atoms with Crippen molar-refractivity contribution in [3.05, 3.63) is 60.3 Å². The third kappa shape index (κ3) is 4.75. The van der Waals surface area contributed by atoms with E-state index >= 15 is 0 Å². The normalized spacial score (nSPS) is 20.0. The number of carbonyl (C=O) groups excluding carboxylic acids is 1. The van der Waals surface area contributed by atoms with Crippen LogP contribution >= 0.6 is 0 Å². The first kappa shape index (κ1) is 21.4. The first-order chi connectivity index (χ1) is 14.8. The van der Waals surface area contributed by atoms with Gasteiger partial charge in [0.1, 0.15) is 0 Å². The summed E-state index contributed by atoms with van der Waals surface area (Å²) in [6, 6.07) is 15.3. The summed E-state index contributed by atoms with van der Waals surface area (Å²) in [5.41, 5.74) is 2.66. The molecule has 162 valence electrons. The fourth-order valence-electron chi connectivity index (χ4n) is 4.18. The third-order valence-electron chi connectivity index (χ3n) is 5.85. The minimum atomic E-state index is -0.186. The quantitative estimate of drug-likeness (QED) is 0.680. The maximum Gasteiger partial charge on any atom is 0.252 e. The van der Waals surface area contributed by atoms with E-state index < -0.39 is 0 Å². The van der Waals surface area contributed by atoms with Gasteiger partial charge in [0.15, 0.2) is 0 Å². The summed E-state index contributed by atoms with van der Waals surface area (Å²) in [6.45, 7) is 10.8. The molecule has 1 fully saturated rings. The Morgan fingerprint density at radius 3 is 2.52 bits per heavy atom. The molecular formula is C25H30N4O2. The third-order valence-corrected chi connectivity index (χ3v) is 5.85. The van der Waals surface area contributed by atoms with E-state index in [9.17, 15) is 4.79 Å². The number of aromatic nitrogens is 2. The lowest BCUT2D eigenvalue weighted by Crippen LogP contribution is -2.58. The predicted molar refractivity (Wildman–Crippen MR) is 123 cm³/mol. The second kappa shape index (κ2) is 8.73. The largest absolute Gasteiger partial charge is 0.373 e. The van der Waals surface area contributed by atoms with Crippen molar-refractivity contribution in [3.8, 4) is 11.4 Å². The van der Waals surface area contributed by atoms with E-state index in [4.69, 9.17) is 9.72 Å². The number of hydrogen-bond donors (Lipinski definition) is 1. The average Bonchev–Trinajstić information content (AvgIpc) is 2.76. The van der Waals surface area contributed by atoms with Gasteiger partial charge < -0.3 is 10.1 Å². The van der Waals surface area contributed by atoms with Crippen LogP contribution < -0.4 is 5.32 Å². The van der Waals surface area contributed by atoms with Crippen LogP contribution in [0, 0.1) is 0 Å². The molecule has 3 aromatic rings. The number of amides is 1. The molecular weight excluding hydrogens is 388 g/mol. The summed E-state index contributed by atoms with van der Waals surface area (Å²) in [4.78, 5) is 24.8. The Kier molecular flexibility index (Phi) is 6.03. The van der Waals surface area contributed by atoms with Gasteiger partial charge in [0, 0.05) is 36.8 Å². The smallest absolute Gasteiger partial charge is 0.252 e. The molecule has 6 heteroatoms. The maximum atomic E-state index is 13.3. The number of nitrogens with zero attached hydrogens (tertiary/aromatic N) is 3. The molecule has 1 aliphatic heterocycles. The number of pyridine rings is 2. The van der Waals surface area contributed by atoms with Gasteiger partial charge in [-0.15, -0.1) is 0 Å². The van der Waals surface area contributed by atoms with Crippen molar-refractivity contribution in [1.82, 2.24) is 20.2 Å². The van der Waals surface area contributed by atoms with Gasteiger partial charge in [-0.1, -0.05) is 24.3 Å². The molecule has 0 unspecified atom stereocenters. The average molecular weight is 419 g/mol. The van der Waals surface area contributed by atoms with Crippen molar-refractivity contribution in [2.24, 2.45) is 0 Å². The van der Waals surface area contributed by atoms with Crippen LogP contribution in [0.1, 0.15) is 38.1 Å². The topological polar surface area (TPSA) is 67.4 Å². The Morgan fingerprint density at radius 1 is 1.10 bits per heavy atom. The summed E-state index contributed by atoms with van der Waals surface area (Å²) in [5, 5.41) is 4.01. The highest BCUT2D eigenvalue weighted by Gasteiger charge is 2.33. The molecule has 1 amide bonds. The monoisotopic (exact) mass is 418 g/mol. The number of hydrogen-bond acceptors (Lipinski definition) is 5. The highest BCUT2D eigenvalue weighted by molar-refractivity contribution is 6.07. The standard InChI is InChI=1S/C25H30N4O2/c1-17-14-29(15-18(2)31-17)25(3,4)16-27-24(30)20-13-23(22-11-7-8-12-26-22)28-21-10-6-5-9-19(20)21/h5-13,17-18H,14-16H2,1-4H3,(H,27,30)/t17-,18+. The molecule has 1 aromatic carbocycles. The highest BCUT2D eigenvalue weighted by Crippen LogP contribution is 2.25. The van der Waals surface area contributed by atoms with Crippen LogP contribution in [0.3, 0.4) is 0 Å². The van der Waals surface area contributed by atoms with E-state index in [1.807, 2.05) is 48.5 Å². The van der Waals surface area contributed by atoms with Gasteiger partial charge in [-0.3, -0.25) is 14.7 Å². The van der Waals surface area contributed by atoms with Crippen molar-refractivity contribution in [1.29, 1.82) is 0 Å². The summed E-state index contributed by atoms with van der Waals surface area (Å²) in [6.07, 6.45) is 2.10. The number of ether oxygens (including phenoxy) is 1. The van der Waals surface area contributed by atoms with Gasteiger partial charge in [0.2, 0.25) is 0 Å². The highest BCUT2D eigenvalue weighted by atomic mass is 16.5. The molecule has 0 bridgehead atoms. The minimum Gasteiger partial charge on any atom is -0.373 e. The number of para-hydroxylation sites is 1. The first-order valence-electron chi connectivity index (χ1n) is 10.8. The van der Waals surface area contributed by atoms with Gasteiger partial charge in [0.25, 0.3) is 5.91 Å². The molecule has 6 nitrogen and oxygen atoms in total. The van der Waals surface area contributed by atoms with Crippen LogP contribution in [-0.4, -0.2) is 58.2 Å². The molecule has 0 aliphatic carbocycles. The van der Waals surface area contributed by atoms with Gasteiger partial charge >= 0.3 is 0 Å². The number of rotatable bonds is 5. The summed E-state index contributed by atoms with van der Waals surface area (Å²) in [7, 11) is 0. The Balaban J connectivity index is 1.59.